The molecule has 1 atom stereocenters. The molecular weight excluding hydrogens is 250 g/mol. The molecule has 3 rings (SSSR count). The van der Waals surface area contributed by atoms with Crippen LogP contribution >= 0.6 is 0 Å². The van der Waals surface area contributed by atoms with Crippen LogP contribution in [0.5, 0.6) is 0 Å². The van der Waals surface area contributed by atoms with Gasteiger partial charge in [-0.2, -0.15) is 5.10 Å². The Morgan fingerprint density at radius 2 is 2.20 bits per heavy atom. The minimum Gasteiger partial charge on any atom is -0.336 e. The van der Waals surface area contributed by atoms with E-state index in [1.54, 1.807) is 0 Å². The van der Waals surface area contributed by atoms with E-state index < -0.39 is 0 Å². The monoisotopic (exact) mass is 273 g/mol. The van der Waals surface area contributed by atoms with Crippen LogP contribution in [0.25, 0.3) is 0 Å². The molecule has 2 heterocycles. The molecule has 0 radical (unpaired) electrons. The SMILES string of the molecule is CC(Cn1ccnc1)NCc1ccn(C2CCCC2)n1. The lowest BCUT2D eigenvalue weighted by Gasteiger charge is -2.13. The van der Waals surface area contributed by atoms with E-state index >= 15 is 0 Å². The third-order valence-electron chi connectivity index (χ3n) is 4.04. The molecule has 0 spiro atoms. The van der Waals surface area contributed by atoms with Gasteiger partial charge in [-0.3, -0.25) is 4.68 Å². The zero-order valence-electron chi connectivity index (χ0n) is 12.1. The van der Waals surface area contributed by atoms with Crippen molar-refractivity contribution in [3.8, 4) is 0 Å². The van der Waals surface area contributed by atoms with Gasteiger partial charge in [-0.1, -0.05) is 12.8 Å². The summed E-state index contributed by atoms with van der Waals surface area (Å²) in [4.78, 5) is 4.06. The number of hydrogen-bond acceptors (Lipinski definition) is 3. The van der Waals surface area contributed by atoms with Gasteiger partial charge < -0.3 is 9.88 Å². The van der Waals surface area contributed by atoms with Crippen molar-refractivity contribution in [1.29, 1.82) is 0 Å². The van der Waals surface area contributed by atoms with E-state index in [1.807, 2.05) is 18.7 Å². The number of nitrogens with zero attached hydrogens (tertiary/aromatic N) is 4. The molecule has 0 aromatic carbocycles. The van der Waals surface area contributed by atoms with Crippen molar-refractivity contribution >= 4 is 0 Å². The van der Waals surface area contributed by atoms with Crippen molar-refractivity contribution in [2.75, 3.05) is 0 Å². The average molecular weight is 273 g/mol. The Kier molecular flexibility index (Phi) is 4.16. The third-order valence-corrected chi connectivity index (χ3v) is 4.04. The Balaban J connectivity index is 1.48. The fraction of sp³-hybridized carbons (Fsp3) is 0.600. The molecule has 1 fully saturated rings. The van der Waals surface area contributed by atoms with Gasteiger partial charge in [-0.15, -0.1) is 0 Å². The van der Waals surface area contributed by atoms with Crippen LogP contribution in [0.1, 0.15) is 44.3 Å². The van der Waals surface area contributed by atoms with Gasteiger partial charge in [0.25, 0.3) is 0 Å². The number of imidazole rings is 1. The van der Waals surface area contributed by atoms with Crippen LogP contribution in [0, 0.1) is 0 Å². The van der Waals surface area contributed by atoms with E-state index in [0.29, 0.717) is 12.1 Å². The first kappa shape index (κ1) is 13.4. The second-order valence-electron chi connectivity index (χ2n) is 5.77. The first-order chi connectivity index (χ1) is 9.81. The molecule has 1 unspecified atom stereocenters. The van der Waals surface area contributed by atoms with Crippen molar-refractivity contribution in [3.63, 3.8) is 0 Å². The second kappa shape index (κ2) is 6.22. The summed E-state index contributed by atoms with van der Waals surface area (Å²) in [5, 5.41) is 8.21. The predicted molar refractivity (Wildman–Crippen MR) is 78.3 cm³/mol. The van der Waals surface area contributed by atoms with Crippen molar-refractivity contribution in [3.05, 3.63) is 36.7 Å². The molecule has 108 valence electrons. The molecule has 5 heteroatoms. The summed E-state index contributed by atoms with van der Waals surface area (Å²) in [7, 11) is 0. The molecule has 20 heavy (non-hydrogen) atoms. The second-order valence-corrected chi connectivity index (χ2v) is 5.77. The molecule has 1 aliphatic carbocycles. The summed E-state index contributed by atoms with van der Waals surface area (Å²) in [6, 6.07) is 3.17. The summed E-state index contributed by atoms with van der Waals surface area (Å²) in [5.41, 5.74) is 1.13. The third kappa shape index (κ3) is 3.28. The minimum atomic E-state index is 0.404. The lowest BCUT2D eigenvalue weighted by molar-refractivity contribution is 0.448. The maximum atomic E-state index is 4.70. The minimum absolute atomic E-state index is 0.404. The van der Waals surface area contributed by atoms with Crippen LogP contribution in [0.2, 0.25) is 0 Å². The Morgan fingerprint density at radius 3 is 2.95 bits per heavy atom. The molecule has 2 aromatic rings. The maximum Gasteiger partial charge on any atom is 0.0946 e. The van der Waals surface area contributed by atoms with Crippen molar-refractivity contribution < 1.29 is 0 Å². The zero-order valence-corrected chi connectivity index (χ0v) is 12.1. The molecule has 1 N–H and O–H groups in total. The van der Waals surface area contributed by atoms with Crippen LogP contribution < -0.4 is 5.32 Å². The molecule has 0 bridgehead atoms. The van der Waals surface area contributed by atoms with Gasteiger partial charge in [0.2, 0.25) is 0 Å². The molecule has 0 amide bonds. The smallest absolute Gasteiger partial charge is 0.0946 e. The summed E-state index contributed by atoms with van der Waals surface area (Å²) in [6.07, 6.45) is 13.1. The van der Waals surface area contributed by atoms with E-state index in [4.69, 9.17) is 5.10 Å². The normalized spacial score (nSPS) is 17.6. The fourth-order valence-electron chi connectivity index (χ4n) is 2.90. The van der Waals surface area contributed by atoms with Crippen molar-refractivity contribution in [1.82, 2.24) is 24.6 Å². The Labute approximate surface area is 120 Å². The van der Waals surface area contributed by atoms with E-state index in [0.717, 1.165) is 18.8 Å². The topological polar surface area (TPSA) is 47.7 Å². The van der Waals surface area contributed by atoms with Gasteiger partial charge in [0, 0.05) is 37.7 Å². The summed E-state index contributed by atoms with van der Waals surface area (Å²) >= 11 is 0. The van der Waals surface area contributed by atoms with Gasteiger partial charge in [0.15, 0.2) is 0 Å². The van der Waals surface area contributed by atoms with E-state index in [9.17, 15) is 0 Å². The molecule has 5 nitrogen and oxygen atoms in total. The lowest BCUT2D eigenvalue weighted by atomic mass is 10.3. The lowest BCUT2D eigenvalue weighted by Crippen LogP contribution is -2.29. The van der Waals surface area contributed by atoms with E-state index in [-0.39, 0.29) is 0 Å². The Bertz CT molecular complexity index is 510. The highest BCUT2D eigenvalue weighted by Gasteiger charge is 2.17. The van der Waals surface area contributed by atoms with Gasteiger partial charge >= 0.3 is 0 Å². The molecule has 0 saturated heterocycles. The first-order valence-electron chi connectivity index (χ1n) is 7.54. The van der Waals surface area contributed by atoms with Crippen LogP contribution in [0.4, 0.5) is 0 Å². The van der Waals surface area contributed by atoms with E-state index in [1.165, 1.54) is 25.7 Å². The Morgan fingerprint density at radius 1 is 1.35 bits per heavy atom. The molecular formula is C15H23N5. The molecule has 2 aromatic heterocycles. The van der Waals surface area contributed by atoms with Crippen LogP contribution in [0.3, 0.4) is 0 Å². The van der Waals surface area contributed by atoms with Crippen LogP contribution in [0.15, 0.2) is 31.0 Å². The van der Waals surface area contributed by atoms with Gasteiger partial charge in [0.1, 0.15) is 0 Å². The van der Waals surface area contributed by atoms with Crippen LogP contribution in [-0.2, 0) is 13.1 Å². The number of nitrogens with one attached hydrogen (secondary N) is 1. The highest BCUT2D eigenvalue weighted by Crippen LogP contribution is 2.28. The first-order valence-corrected chi connectivity index (χ1v) is 7.54. The number of hydrogen-bond donors (Lipinski definition) is 1. The molecule has 1 saturated carbocycles. The Hall–Kier alpha value is -1.62. The largest absolute Gasteiger partial charge is 0.336 e. The standard InChI is InChI=1S/C15H23N5/c1-13(11-19-9-7-16-12-19)17-10-14-6-8-20(18-14)15-4-2-3-5-15/h6-9,12-13,15,17H,2-5,10-11H2,1H3. The summed E-state index contributed by atoms with van der Waals surface area (Å²) in [6.45, 7) is 3.95. The van der Waals surface area contributed by atoms with Gasteiger partial charge in [-0.25, -0.2) is 4.98 Å². The maximum absolute atomic E-state index is 4.70. The van der Waals surface area contributed by atoms with Gasteiger partial charge in [0.05, 0.1) is 18.1 Å². The summed E-state index contributed by atoms with van der Waals surface area (Å²) < 4.78 is 4.25. The van der Waals surface area contributed by atoms with Crippen molar-refractivity contribution in [2.45, 2.75) is 57.8 Å². The van der Waals surface area contributed by atoms with Gasteiger partial charge in [-0.05, 0) is 25.8 Å². The molecule has 1 aliphatic rings. The summed E-state index contributed by atoms with van der Waals surface area (Å²) in [5.74, 6) is 0. The zero-order chi connectivity index (χ0) is 13.8. The quantitative estimate of drug-likeness (QED) is 0.879. The van der Waals surface area contributed by atoms with Crippen LogP contribution in [-0.4, -0.2) is 25.4 Å². The highest BCUT2D eigenvalue weighted by molar-refractivity contribution is 5.00. The van der Waals surface area contributed by atoms with E-state index in [2.05, 4.69) is 38.7 Å². The molecule has 0 aliphatic heterocycles. The average Bonchev–Trinajstić information content (AvgIpc) is 3.18. The predicted octanol–water partition coefficient (Wildman–Crippen LogP) is 2.37. The number of aromatic nitrogens is 4. The highest BCUT2D eigenvalue weighted by atomic mass is 15.3. The fourth-order valence-corrected chi connectivity index (χ4v) is 2.90. The number of rotatable bonds is 6. The van der Waals surface area contributed by atoms with Crippen molar-refractivity contribution in [2.24, 2.45) is 0 Å².